The van der Waals surface area contributed by atoms with E-state index >= 15 is 0 Å². The standard InChI is InChI=1S/C24H18N4OS/c1-14-25-11-16(12-26-14)18-13-30-22-8-9-28(24(29)23(18)22)21-10-17(21)20-7-6-15-4-2-3-5-19(15)27-20/h2-9,11-13,17,21H,10H2,1H3/t17-,21+/m0/s1. The molecule has 1 aliphatic rings. The van der Waals surface area contributed by atoms with Gasteiger partial charge in [0.2, 0.25) is 0 Å². The number of nitrogens with zero attached hydrogens (tertiary/aromatic N) is 4. The van der Waals surface area contributed by atoms with Crippen molar-refractivity contribution in [3.8, 4) is 11.1 Å². The van der Waals surface area contributed by atoms with Crippen LogP contribution in [0.2, 0.25) is 0 Å². The molecule has 1 saturated carbocycles. The van der Waals surface area contributed by atoms with Crippen LogP contribution in [0.15, 0.2) is 71.2 Å². The Morgan fingerprint density at radius 2 is 1.90 bits per heavy atom. The van der Waals surface area contributed by atoms with Crippen molar-refractivity contribution >= 4 is 32.3 Å². The molecule has 4 heterocycles. The molecule has 1 aliphatic carbocycles. The Morgan fingerprint density at radius 1 is 1.07 bits per heavy atom. The molecule has 4 aromatic heterocycles. The maximum absolute atomic E-state index is 13.4. The highest BCUT2D eigenvalue weighted by atomic mass is 32.1. The van der Waals surface area contributed by atoms with Crippen molar-refractivity contribution in [1.82, 2.24) is 19.5 Å². The number of fused-ring (bicyclic) bond motifs is 2. The molecule has 5 aromatic rings. The second-order valence-electron chi connectivity index (χ2n) is 7.77. The summed E-state index contributed by atoms with van der Waals surface area (Å²) in [4.78, 5) is 26.9. The molecule has 30 heavy (non-hydrogen) atoms. The molecule has 2 atom stereocenters. The van der Waals surface area contributed by atoms with Crippen molar-refractivity contribution in [3.63, 3.8) is 0 Å². The SMILES string of the molecule is Cc1ncc(-c2csc3ccn([C@@H]4C[C@H]4c4ccc5ccccc5n4)c(=O)c23)cn1. The molecule has 0 amide bonds. The molecule has 5 nitrogen and oxygen atoms in total. The second kappa shape index (κ2) is 6.57. The smallest absolute Gasteiger partial charge is 0.260 e. The summed E-state index contributed by atoms with van der Waals surface area (Å²) >= 11 is 1.59. The van der Waals surface area contributed by atoms with E-state index in [0.717, 1.165) is 50.1 Å². The first-order chi connectivity index (χ1) is 14.7. The third-order valence-corrected chi connectivity index (χ3v) is 6.81. The number of para-hydroxylation sites is 1. The highest BCUT2D eigenvalue weighted by Crippen LogP contribution is 2.50. The van der Waals surface area contributed by atoms with E-state index in [1.165, 1.54) is 0 Å². The minimum absolute atomic E-state index is 0.0533. The van der Waals surface area contributed by atoms with Crippen LogP contribution in [0.1, 0.15) is 29.9 Å². The van der Waals surface area contributed by atoms with E-state index in [-0.39, 0.29) is 17.5 Å². The predicted molar refractivity (Wildman–Crippen MR) is 120 cm³/mol. The van der Waals surface area contributed by atoms with Crippen molar-refractivity contribution in [3.05, 3.63) is 88.3 Å². The highest BCUT2D eigenvalue weighted by molar-refractivity contribution is 7.17. The summed E-state index contributed by atoms with van der Waals surface area (Å²) in [6.45, 7) is 1.86. The van der Waals surface area contributed by atoms with Gasteiger partial charge in [0.05, 0.1) is 10.9 Å². The van der Waals surface area contributed by atoms with E-state index in [1.54, 1.807) is 23.7 Å². The van der Waals surface area contributed by atoms with Crippen LogP contribution in [0.25, 0.3) is 32.1 Å². The Labute approximate surface area is 176 Å². The van der Waals surface area contributed by atoms with Crippen LogP contribution in [0.5, 0.6) is 0 Å². The fraction of sp³-hybridized carbons (Fsp3) is 0.167. The lowest BCUT2D eigenvalue weighted by molar-refractivity contribution is 0.688. The monoisotopic (exact) mass is 410 g/mol. The number of pyridine rings is 2. The van der Waals surface area contributed by atoms with Crippen molar-refractivity contribution in [2.75, 3.05) is 0 Å². The van der Waals surface area contributed by atoms with Gasteiger partial charge in [-0.1, -0.05) is 24.3 Å². The van der Waals surface area contributed by atoms with Crippen LogP contribution in [-0.4, -0.2) is 19.5 Å². The number of hydrogen-bond donors (Lipinski definition) is 0. The first-order valence-corrected chi connectivity index (χ1v) is 10.8. The van der Waals surface area contributed by atoms with Crippen molar-refractivity contribution in [1.29, 1.82) is 0 Å². The normalized spacial score (nSPS) is 18.2. The van der Waals surface area contributed by atoms with E-state index in [0.29, 0.717) is 0 Å². The van der Waals surface area contributed by atoms with Crippen LogP contribution in [-0.2, 0) is 0 Å². The number of thiophene rings is 1. The van der Waals surface area contributed by atoms with Gasteiger partial charge in [-0.15, -0.1) is 11.3 Å². The summed E-state index contributed by atoms with van der Waals surface area (Å²) in [5.74, 6) is 0.994. The molecule has 0 unspecified atom stereocenters. The van der Waals surface area contributed by atoms with Gasteiger partial charge in [-0.2, -0.15) is 0 Å². The summed E-state index contributed by atoms with van der Waals surface area (Å²) in [6, 6.07) is 14.5. The van der Waals surface area contributed by atoms with Crippen LogP contribution in [0, 0.1) is 6.92 Å². The molecule has 0 radical (unpaired) electrons. The third-order valence-electron chi connectivity index (χ3n) is 5.86. The summed E-state index contributed by atoms with van der Waals surface area (Å²) < 4.78 is 2.88. The topological polar surface area (TPSA) is 60.7 Å². The number of hydrogen-bond acceptors (Lipinski definition) is 5. The van der Waals surface area contributed by atoms with E-state index in [9.17, 15) is 4.79 Å². The lowest BCUT2D eigenvalue weighted by Gasteiger charge is -2.07. The maximum atomic E-state index is 13.4. The predicted octanol–water partition coefficient (Wildman–Crippen LogP) is 5.11. The minimum Gasteiger partial charge on any atom is -0.311 e. The van der Waals surface area contributed by atoms with E-state index < -0.39 is 0 Å². The zero-order valence-electron chi connectivity index (χ0n) is 16.3. The van der Waals surface area contributed by atoms with E-state index in [2.05, 4.69) is 28.2 Å². The molecular formula is C24H18N4OS. The summed E-state index contributed by atoms with van der Waals surface area (Å²) in [5.41, 5.74) is 3.91. The molecule has 0 spiro atoms. The lowest BCUT2D eigenvalue weighted by Crippen LogP contribution is -2.18. The third kappa shape index (κ3) is 2.75. The molecule has 0 saturated heterocycles. The number of benzene rings is 1. The molecule has 146 valence electrons. The molecule has 1 aromatic carbocycles. The van der Waals surface area contributed by atoms with Crippen LogP contribution in [0.4, 0.5) is 0 Å². The number of rotatable bonds is 3. The van der Waals surface area contributed by atoms with Gasteiger partial charge < -0.3 is 4.57 Å². The molecular weight excluding hydrogens is 392 g/mol. The number of aryl methyl sites for hydroxylation is 1. The average molecular weight is 411 g/mol. The zero-order valence-corrected chi connectivity index (χ0v) is 17.1. The van der Waals surface area contributed by atoms with Gasteiger partial charge in [-0.25, -0.2) is 9.97 Å². The van der Waals surface area contributed by atoms with Gasteiger partial charge in [0.15, 0.2) is 0 Å². The first kappa shape index (κ1) is 17.5. The van der Waals surface area contributed by atoms with Crippen LogP contribution >= 0.6 is 11.3 Å². The highest BCUT2D eigenvalue weighted by Gasteiger charge is 2.41. The first-order valence-electron chi connectivity index (χ1n) is 9.96. The molecule has 6 rings (SSSR count). The fourth-order valence-corrected chi connectivity index (χ4v) is 5.11. The van der Waals surface area contributed by atoms with Gasteiger partial charge >= 0.3 is 0 Å². The Hall–Kier alpha value is -3.38. The van der Waals surface area contributed by atoms with Gasteiger partial charge in [-0.05, 0) is 31.5 Å². The van der Waals surface area contributed by atoms with Gasteiger partial charge in [0.1, 0.15) is 5.82 Å². The largest absolute Gasteiger partial charge is 0.311 e. The van der Waals surface area contributed by atoms with Crippen molar-refractivity contribution in [2.45, 2.75) is 25.3 Å². The molecule has 1 fully saturated rings. The molecule has 6 heteroatoms. The quantitative estimate of drug-likeness (QED) is 0.415. The Balaban J connectivity index is 1.40. The number of aromatic nitrogens is 4. The van der Waals surface area contributed by atoms with Crippen molar-refractivity contribution < 1.29 is 0 Å². The van der Waals surface area contributed by atoms with Gasteiger partial charge in [0, 0.05) is 62.8 Å². The van der Waals surface area contributed by atoms with Crippen molar-refractivity contribution in [2.24, 2.45) is 0 Å². The Kier molecular flexibility index (Phi) is 3.83. The lowest BCUT2D eigenvalue weighted by atomic mass is 10.1. The van der Waals surface area contributed by atoms with E-state index in [1.807, 2.05) is 47.3 Å². The molecule has 0 aliphatic heterocycles. The van der Waals surface area contributed by atoms with Gasteiger partial charge in [0.25, 0.3) is 5.56 Å². The van der Waals surface area contributed by atoms with Gasteiger partial charge in [-0.3, -0.25) is 9.78 Å². The van der Waals surface area contributed by atoms with Crippen LogP contribution < -0.4 is 5.56 Å². The van der Waals surface area contributed by atoms with Crippen LogP contribution in [0.3, 0.4) is 0 Å². The molecule has 0 N–H and O–H groups in total. The maximum Gasteiger partial charge on any atom is 0.260 e. The fourth-order valence-electron chi connectivity index (χ4n) is 4.16. The second-order valence-corrected chi connectivity index (χ2v) is 8.69. The Bertz CT molecular complexity index is 1470. The summed E-state index contributed by atoms with van der Waals surface area (Å²) in [5, 5.41) is 3.92. The minimum atomic E-state index is 0.0533. The zero-order chi connectivity index (χ0) is 20.2. The van der Waals surface area contributed by atoms with E-state index in [4.69, 9.17) is 4.98 Å². The molecule has 0 bridgehead atoms. The average Bonchev–Trinajstić information content (AvgIpc) is 3.44. The summed E-state index contributed by atoms with van der Waals surface area (Å²) in [7, 11) is 0. The summed E-state index contributed by atoms with van der Waals surface area (Å²) in [6.07, 6.45) is 6.45. The Morgan fingerprint density at radius 3 is 2.77 bits per heavy atom.